The maximum atomic E-state index is 13.3. The van der Waals surface area contributed by atoms with Crippen molar-refractivity contribution < 1.29 is 19.1 Å². The van der Waals surface area contributed by atoms with Crippen LogP contribution in [0.5, 0.6) is 0 Å². The van der Waals surface area contributed by atoms with E-state index in [1.165, 1.54) is 0 Å². The van der Waals surface area contributed by atoms with Gasteiger partial charge in [0.2, 0.25) is 11.8 Å². The Morgan fingerprint density at radius 2 is 1.77 bits per heavy atom. The van der Waals surface area contributed by atoms with Crippen LogP contribution in [0, 0.1) is 6.92 Å². The third-order valence-electron chi connectivity index (χ3n) is 5.04. The van der Waals surface area contributed by atoms with Gasteiger partial charge in [-0.1, -0.05) is 43.2 Å². The van der Waals surface area contributed by atoms with E-state index in [-0.39, 0.29) is 30.4 Å². The Hall–Kier alpha value is -2.57. The van der Waals surface area contributed by atoms with Gasteiger partial charge in [0, 0.05) is 12.1 Å². The van der Waals surface area contributed by atoms with Gasteiger partial charge < -0.3 is 20.3 Å². The van der Waals surface area contributed by atoms with E-state index in [1.54, 1.807) is 25.7 Å². The van der Waals surface area contributed by atoms with Crippen molar-refractivity contribution in [2.24, 2.45) is 0 Å². The van der Waals surface area contributed by atoms with Crippen molar-refractivity contribution in [2.45, 2.75) is 91.0 Å². The van der Waals surface area contributed by atoms with Crippen LogP contribution in [-0.2, 0) is 14.3 Å². The summed E-state index contributed by atoms with van der Waals surface area (Å²) < 4.78 is 5.23. The highest BCUT2D eigenvalue weighted by atomic mass is 16.6. The predicted molar refractivity (Wildman–Crippen MR) is 121 cm³/mol. The van der Waals surface area contributed by atoms with Gasteiger partial charge in [0.15, 0.2) is 0 Å². The number of nitrogens with zero attached hydrogens (tertiary/aromatic N) is 1. The Labute approximate surface area is 185 Å². The number of benzene rings is 1. The fraction of sp³-hybridized carbons (Fsp3) is 0.625. The quantitative estimate of drug-likeness (QED) is 0.622. The van der Waals surface area contributed by atoms with E-state index < -0.39 is 17.7 Å². The average molecular weight is 432 g/mol. The van der Waals surface area contributed by atoms with Gasteiger partial charge in [-0.3, -0.25) is 9.59 Å². The summed E-state index contributed by atoms with van der Waals surface area (Å²) in [4.78, 5) is 40.1. The molecule has 7 heteroatoms. The van der Waals surface area contributed by atoms with Crippen molar-refractivity contribution in [2.75, 3.05) is 6.54 Å². The number of hydrogen-bond donors (Lipinski definition) is 2. The minimum absolute atomic E-state index is 0.00790. The fourth-order valence-corrected chi connectivity index (χ4v) is 3.48. The first-order chi connectivity index (χ1) is 14.5. The first kappa shape index (κ1) is 24.7. The third kappa shape index (κ3) is 7.89. The molecule has 2 unspecified atom stereocenters. The van der Waals surface area contributed by atoms with Crippen molar-refractivity contribution in [1.82, 2.24) is 15.5 Å². The molecule has 3 amide bonds. The summed E-state index contributed by atoms with van der Waals surface area (Å²) in [5.41, 5.74) is 1.20. The van der Waals surface area contributed by atoms with Crippen LogP contribution in [0.2, 0.25) is 0 Å². The highest BCUT2D eigenvalue weighted by Gasteiger charge is 2.41. The number of aryl methyl sites for hydroxylation is 1. The molecule has 172 valence electrons. The number of carbonyl (C=O) groups is 3. The Morgan fingerprint density at radius 1 is 1.16 bits per heavy atom. The van der Waals surface area contributed by atoms with Crippen LogP contribution >= 0.6 is 0 Å². The molecule has 7 nitrogen and oxygen atoms in total. The number of nitrogens with one attached hydrogen (secondary N) is 2. The molecule has 1 aliphatic rings. The molecule has 2 rings (SSSR count). The first-order valence-electron chi connectivity index (χ1n) is 11.2. The standard InChI is InChI=1S/C24H37N3O4/c1-7-8-17(3)26-22(29)21(18-11-9-16(2)10-12-18)27(19-13-14-19)20(28)15-25-23(30)31-24(4,5)6/h9-12,17,19,21H,7-8,13-15H2,1-6H3,(H,25,30)(H,26,29). The zero-order valence-corrected chi connectivity index (χ0v) is 19.7. The van der Waals surface area contributed by atoms with Crippen LogP contribution in [0.4, 0.5) is 4.79 Å². The number of carbonyl (C=O) groups excluding carboxylic acids is 3. The Morgan fingerprint density at radius 3 is 2.29 bits per heavy atom. The molecular formula is C24H37N3O4. The summed E-state index contributed by atoms with van der Waals surface area (Å²) >= 11 is 0. The van der Waals surface area contributed by atoms with E-state index >= 15 is 0 Å². The van der Waals surface area contributed by atoms with Crippen molar-refractivity contribution in [3.63, 3.8) is 0 Å². The van der Waals surface area contributed by atoms with E-state index in [0.29, 0.717) is 0 Å². The molecule has 1 aromatic rings. The molecule has 0 aliphatic heterocycles. The molecule has 1 saturated carbocycles. The highest BCUT2D eigenvalue weighted by molar-refractivity contribution is 5.91. The number of ether oxygens (including phenoxy) is 1. The van der Waals surface area contributed by atoms with E-state index in [0.717, 1.165) is 36.8 Å². The van der Waals surface area contributed by atoms with E-state index in [9.17, 15) is 14.4 Å². The summed E-state index contributed by atoms with van der Waals surface area (Å²) in [5.74, 6) is -0.487. The molecular weight excluding hydrogens is 394 g/mol. The second-order valence-corrected chi connectivity index (χ2v) is 9.40. The zero-order chi connectivity index (χ0) is 23.2. The zero-order valence-electron chi connectivity index (χ0n) is 19.7. The van der Waals surface area contributed by atoms with Crippen molar-refractivity contribution in [3.8, 4) is 0 Å². The van der Waals surface area contributed by atoms with Crippen molar-refractivity contribution in [3.05, 3.63) is 35.4 Å². The number of hydrogen-bond acceptors (Lipinski definition) is 4. The molecule has 1 fully saturated rings. The lowest BCUT2D eigenvalue weighted by atomic mass is 10.0. The second kappa shape index (κ2) is 10.6. The molecule has 2 N–H and O–H groups in total. The van der Waals surface area contributed by atoms with Gasteiger partial charge in [0.25, 0.3) is 0 Å². The summed E-state index contributed by atoms with van der Waals surface area (Å²) in [6.45, 7) is 11.1. The molecule has 0 saturated heterocycles. The Bertz CT molecular complexity index is 766. The van der Waals surface area contributed by atoms with Crippen LogP contribution in [0.3, 0.4) is 0 Å². The van der Waals surface area contributed by atoms with E-state index in [2.05, 4.69) is 17.6 Å². The van der Waals surface area contributed by atoms with Crippen LogP contribution in [0.1, 0.15) is 77.5 Å². The topological polar surface area (TPSA) is 87.7 Å². The highest BCUT2D eigenvalue weighted by Crippen LogP contribution is 2.35. The van der Waals surface area contributed by atoms with Gasteiger partial charge in [0.1, 0.15) is 18.2 Å². The SMILES string of the molecule is CCCC(C)NC(=O)C(c1ccc(C)cc1)N(C(=O)CNC(=O)OC(C)(C)C)C1CC1. The molecule has 0 aromatic heterocycles. The summed E-state index contributed by atoms with van der Waals surface area (Å²) in [6, 6.07) is 6.95. The number of amides is 3. The van der Waals surface area contributed by atoms with Crippen molar-refractivity contribution >= 4 is 17.9 Å². The van der Waals surface area contributed by atoms with E-state index in [4.69, 9.17) is 4.74 Å². The maximum absolute atomic E-state index is 13.3. The number of rotatable bonds is 9. The summed E-state index contributed by atoms with van der Waals surface area (Å²) in [5, 5.41) is 5.60. The van der Waals surface area contributed by atoms with Crippen molar-refractivity contribution in [1.29, 1.82) is 0 Å². The number of alkyl carbamates (subject to hydrolysis) is 1. The first-order valence-corrected chi connectivity index (χ1v) is 11.2. The summed E-state index contributed by atoms with van der Waals surface area (Å²) in [7, 11) is 0. The van der Waals surface area contributed by atoms with Gasteiger partial charge in [-0.05, 0) is 59.4 Å². The molecule has 2 atom stereocenters. The molecule has 0 bridgehead atoms. The lowest BCUT2D eigenvalue weighted by Crippen LogP contribution is -2.50. The van der Waals surface area contributed by atoms with Crippen LogP contribution < -0.4 is 10.6 Å². The van der Waals surface area contributed by atoms with Gasteiger partial charge in [-0.15, -0.1) is 0 Å². The normalized spacial score (nSPS) is 15.5. The minimum Gasteiger partial charge on any atom is -0.444 e. The predicted octanol–water partition coefficient (Wildman–Crippen LogP) is 3.86. The van der Waals surface area contributed by atoms with Gasteiger partial charge in [-0.25, -0.2) is 4.79 Å². The van der Waals surface area contributed by atoms with Gasteiger partial charge in [-0.2, -0.15) is 0 Å². The largest absolute Gasteiger partial charge is 0.444 e. The molecule has 31 heavy (non-hydrogen) atoms. The maximum Gasteiger partial charge on any atom is 0.408 e. The molecule has 0 radical (unpaired) electrons. The molecule has 0 spiro atoms. The van der Waals surface area contributed by atoms with Crippen LogP contribution in [-0.4, -0.2) is 47.0 Å². The average Bonchev–Trinajstić information content (AvgIpc) is 3.48. The molecule has 1 aromatic carbocycles. The van der Waals surface area contributed by atoms with Gasteiger partial charge >= 0.3 is 6.09 Å². The monoisotopic (exact) mass is 431 g/mol. The smallest absolute Gasteiger partial charge is 0.408 e. The lowest BCUT2D eigenvalue weighted by molar-refractivity contribution is -0.141. The van der Waals surface area contributed by atoms with Crippen LogP contribution in [0.25, 0.3) is 0 Å². The molecule has 1 aliphatic carbocycles. The summed E-state index contributed by atoms with van der Waals surface area (Å²) in [6.07, 6.45) is 2.87. The van der Waals surface area contributed by atoms with Gasteiger partial charge in [0.05, 0.1) is 0 Å². The minimum atomic E-state index is -0.736. The third-order valence-corrected chi connectivity index (χ3v) is 5.04. The molecule has 0 heterocycles. The van der Waals surface area contributed by atoms with E-state index in [1.807, 2.05) is 38.1 Å². The Kier molecular flexibility index (Phi) is 8.48. The Balaban J connectivity index is 2.23. The fourth-order valence-electron chi connectivity index (χ4n) is 3.48. The lowest BCUT2D eigenvalue weighted by Gasteiger charge is -2.32. The second-order valence-electron chi connectivity index (χ2n) is 9.40. The van der Waals surface area contributed by atoms with Crippen LogP contribution in [0.15, 0.2) is 24.3 Å².